The third kappa shape index (κ3) is 2.35. The number of aryl methyl sites for hydroxylation is 1. The van der Waals surface area contributed by atoms with Gasteiger partial charge in [0.2, 0.25) is 0 Å². The van der Waals surface area contributed by atoms with Crippen LogP contribution in [0.25, 0.3) is 0 Å². The maximum atomic E-state index is 12.9. The minimum absolute atomic E-state index is 0.0630. The van der Waals surface area contributed by atoms with Crippen LogP contribution in [0.5, 0.6) is 11.5 Å². The molecule has 2 fully saturated rings. The third-order valence-electron chi connectivity index (χ3n) is 4.86. The Morgan fingerprint density at radius 3 is 2.54 bits per heavy atom. The third-order valence-corrected chi connectivity index (χ3v) is 4.86. The van der Waals surface area contributed by atoms with Crippen LogP contribution in [-0.4, -0.2) is 67.3 Å². The van der Waals surface area contributed by atoms with E-state index < -0.39 is 5.60 Å². The van der Waals surface area contributed by atoms with Crippen molar-refractivity contribution in [2.24, 2.45) is 0 Å². The second-order valence-electron chi connectivity index (χ2n) is 6.69. The molecule has 1 spiro atoms. The molecule has 1 atom stereocenters. The second kappa shape index (κ2) is 5.29. The summed E-state index contributed by atoms with van der Waals surface area (Å²) in [5.41, 5.74) is 0.892. The molecular formula is C17H20N2O5. The number of hydrogen-bond acceptors (Lipinski definition) is 5. The molecule has 0 bridgehead atoms. The number of rotatable bonds is 1. The van der Waals surface area contributed by atoms with Gasteiger partial charge in [0.15, 0.2) is 17.1 Å². The van der Waals surface area contributed by atoms with Crippen molar-refractivity contribution in [3.63, 3.8) is 0 Å². The first-order valence-electron chi connectivity index (χ1n) is 8.11. The van der Waals surface area contributed by atoms with Crippen molar-refractivity contribution in [1.29, 1.82) is 0 Å². The smallest absolute Gasteiger partial charge is 0.410 e. The lowest BCUT2D eigenvalue weighted by atomic mass is 10.0. The lowest BCUT2D eigenvalue weighted by molar-refractivity contribution is 0.0552. The first-order valence-corrected chi connectivity index (χ1v) is 8.11. The van der Waals surface area contributed by atoms with Gasteiger partial charge in [0, 0.05) is 25.6 Å². The summed E-state index contributed by atoms with van der Waals surface area (Å²) < 4.78 is 16.6. The number of fused-ring (bicyclic) bond motifs is 1. The first-order chi connectivity index (χ1) is 11.5. The lowest BCUT2D eigenvalue weighted by Crippen LogP contribution is -2.39. The van der Waals surface area contributed by atoms with Gasteiger partial charge in [-0.3, -0.25) is 4.79 Å². The van der Waals surface area contributed by atoms with E-state index in [1.54, 1.807) is 22.9 Å². The number of likely N-dealkylation sites (tertiary alicyclic amines) is 1. The summed E-state index contributed by atoms with van der Waals surface area (Å²) >= 11 is 0. The van der Waals surface area contributed by atoms with Crippen LogP contribution in [0.3, 0.4) is 0 Å². The molecule has 7 heteroatoms. The van der Waals surface area contributed by atoms with Crippen LogP contribution >= 0.6 is 0 Å². The Morgan fingerprint density at radius 1 is 1.17 bits per heavy atom. The number of likely N-dealkylation sites (N-methyl/N-ethyl adjacent to an activating group) is 1. The molecule has 4 rings (SSSR count). The summed E-state index contributed by atoms with van der Waals surface area (Å²) in [5.74, 6) is 1.22. The van der Waals surface area contributed by atoms with Gasteiger partial charge in [-0.2, -0.15) is 0 Å². The molecular weight excluding hydrogens is 312 g/mol. The van der Waals surface area contributed by atoms with Gasteiger partial charge in [-0.1, -0.05) is 0 Å². The maximum Gasteiger partial charge on any atom is 0.410 e. The molecule has 24 heavy (non-hydrogen) atoms. The number of benzene rings is 1. The summed E-state index contributed by atoms with van der Waals surface area (Å²) in [4.78, 5) is 27.9. The number of ether oxygens (including phenoxy) is 3. The SMILES string of the molecule is Cc1cc2c(cc1C(=O)N1CC[C@]3(CN(C)C(=O)O3)C1)OCCO2. The lowest BCUT2D eigenvalue weighted by Gasteiger charge is -2.24. The molecule has 2 amide bonds. The van der Waals surface area contributed by atoms with E-state index >= 15 is 0 Å². The number of amides is 2. The minimum atomic E-state index is -0.566. The predicted octanol–water partition coefficient (Wildman–Crippen LogP) is 1.43. The highest BCUT2D eigenvalue weighted by atomic mass is 16.6. The monoisotopic (exact) mass is 332 g/mol. The summed E-state index contributed by atoms with van der Waals surface area (Å²) in [6.45, 7) is 4.42. The van der Waals surface area contributed by atoms with E-state index in [1.165, 1.54) is 0 Å². The Labute approximate surface area is 140 Å². The highest BCUT2D eigenvalue weighted by Crippen LogP contribution is 2.36. The second-order valence-corrected chi connectivity index (χ2v) is 6.69. The van der Waals surface area contributed by atoms with E-state index in [1.807, 2.05) is 13.0 Å². The van der Waals surface area contributed by atoms with E-state index in [0.29, 0.717) is 56.3 Å². The fraction of sp³-hybridized carbons (Fsp3) is 0.529. The molecule has 0 N–H and O–H groups in total. The Hall–Kier alpha value is -2.44. The van der Waals surface area contributed by atoms with Crippen molar-refractivity contribution >= 4 is 12.0 Å². The predicted molar refractivity (Wildman–Crippen MR) is 84.5 cm³/mol. The zero-order chi connectivity index (χ0) is 16.9. The van der Waals surface area contributed by atoms with Crippen LogP contribution in [-0.2, 0) is 4.74 Å². The van der Waals surface area contributed by atoms with Crippen molar-refractivity contribution < 1.29 is 23.8 Å². The zero-order valence-electron chi connectivity index (χ0n) is 13.8. The summed E-state index contributed by atoms with van der Waals surface area (Å²) in [5, 5.41) is 0. The Bertz CT molecular complexity index is 719. The van der Waals surface area contributed by atoms with E-state index in [9.17, 15) is 9.59 Å². The summed E-state index contributed by atoms with van der Waals surface area (Å²) in [6, 6.07) is 3.60. The van der Waals surface area contributed by atoms with Crippen molar-refractivity contribution in [3.05, 3.63) is 23.3 Å². The molecule has 3 heterocycles. The van der Waals surface area contributed by atoms with Gasteiger partial charge < -0.3 is 24.0 Å². The van der Waals surface area contributed by atoms with Gasteiger partial charge in [-0.25, -0.2) is 4.79 Å². The van der Waals surface area contributed by atoms with Crippen molar-refractivity contribution in [2.75, 3.05) is 39.9 Å². The molecule has 1 aromatic carbocycles. The van der Waals surface area contributed by atoms with Crippen LogP contribution < -0.4 is 9.47 Å². The Balaban J connectivity index is 1.56. The van der Waals surface area contributed by atoms with Crippen LogP contribution in [0, 0.1) is 6.92 Å². The topological polar surface area (TPSA) is 68.3 Å². The van der Waals surface area contributed by atoms with Crippen LogP contribution in [0.4, 0.5) is 4.79 Å². The first kappa shape index (κ1) is 15.1. The van der Waals surface area contributed by atoms with Gasteiger partial charge in [-0.15, -0.1) is 0 Å². The minimum Gasteiger partial charge on any atom is -0.486 e. The number of carbonyl (C=O) groups is 2. The summed E-state index contributed by atoms with van der Waals surface area (Å²) in [7, 11) is 1.71. The van der Waals surface area contributed by atoms with E-state index in [2.05, 4.69) is 0 Å². The molecule has 0 aromatic heterocycles. The molecule has 0 saturated carbocycles. The van der Waals surface area contributed by atoms with Crippen molar-refractivity contribution in [3.8, 4) is 11.5 Å². The molecule has 2 saturated heterocycles. The quantitative estimate of drug-likeness (QED) is 0.778. The number of carbonyl (C=O) groups excluding carboxylic acids is 2. The van der Waals surface area contributed by atoms with Gasteiger partial charge >= 0.3 is 6.09 Å². The molecule has 3 aliphatic heterocycles. The van der Waals surface area contributed by atoms with Crippen LogP contribution in [0.15, 0.2) is 12.1 Å². The number of hydrogen-bond donors (Lipinski definition) is 0. The average molecular weight is 332 g/mol. The van der Waals surface area contributed by atoms with E-state index in [-0.39, 0.29) is 12.0 Å². The van der Waals surface area contributed by atoms with Gasteiger partial charge in [0.05, 0.1) is 13.1 Å². The van der Waals surface area contributed by atoms with Crippen LogP contribution in [0.1, 0.15) is 22.3 Å². The molecule has 0 radical (unpaired) electrons. The van der Waals surface area contributed by atoms with Gasteiger partial charge in [0.25, 0.3) is 5.91 Å². The molecule has 0 aliphatic carbocycles. The molecule has 0 unspecified atom stereocenters. The van der Waals surface area contributed by atoms with Crippen LogP contribution in [0.2, 0.25) is 0 Å². The number of nitrogens with zero attached hydrogens (tertiary/aromatic N) is 2. The van der Waals surface area contributed by atoms with E-state index in [4.69, 9.17) is 14.2 Å². The fourth-order valence-electron chi connectivity index (χ4n) is 3.61. The van der Waals surface area contributed by atoms with Gasteiger partial charge in [0.1, 0.15) is 13.2 Å². The fourth-order valence-corrected chi connectivity index (χ4v) is 3.61. The van der Waals surface area contributed by atoms with Gasteiger partial charge in [-0.05, 0) is 24.6 Å². The largest absolute Gasteiger partial charge is 0.486 e. The maximum absolute atomic E-state index is 12.9. The van der Waals surface area contributed by atoms with Crippen molar-refractivity contribution in [1.82, 2.24) is 9.80 Å². The molecule has 128 valence electrons. The molecule has 1 aromatic rings. The molecule has 3 aliphatic rings. The van der Waals surface area contributed by atoms with Crippen molar-refractivity contribution in [2.45, 2.75) is 18.9 Å². The van der Waals surface area contributed by atoms with E-state index in [0.717, 1.165) is 5.56 Å². The zero-order valence-corrected chi connectivity index (χ0v) is 13.8. The standard InChI is InChI=1S/C17H20N2O5/c1-11-7-13-14(23-6-5-22-13)8-12(11)15(20)19-4-3-17(10-19)9-18(2)16(21)24-17/h7-8H,3-6,9-10H2,1-2H3/t17-/m0/s1. The molecule has 7 nitrogen and oxygen atoms in total. The Morgan fingerprint density at radius 2 is 1.88 bits per heavy atom. The normalized spacial score (nSPS) is 25.3. The highest BCUT2D eigenvalue weighted by Gasteiger charge is 2.49. The Kier molecular flexibility index (Phi) is 3.33. The highest BCUT2D eigenvalue weighted by molar-refractivity contribution is 5.96. The summed E-state index contributed by atoms with van der Waals surface area (Å²) in [6.07, 6.45) is 0.345. The average Bonchev–Trinajstić information content (AvgIpc) is 3.09.